The van der Waals surface area contributed by atoms with Gasteiger partial charge in [0.05, 0.1) is 5.75 Å². The van der Waals surface area contributed by atoms with Gasteiger partial charge in [0, 0.05) is 24.3 Å². The summed E-state index contributed by atoms with van der Waals surface area (Å²) in [6.45, 7) is 2.32. The van der Waals surface area contributed by atoms with E-state index in [1.807, 2.05) is 0 Å². The van der Waals surface area contributed by atoms with Gasteiger partial charge < -0.3 is 4.90 Å². The fourth-order valence-corrected chi connectivity index (χ4v) is 2.52. The third-order valence-electron chi connectivity index (χ3n) is 2.91. The van der Waals surface area contributed by atoms with Gasteiger partial charge in [-0.05, 0) is 37.6 Å². The second-order valence-electron chi connectivity index (χ2n) is 4.20. The quantitative estimate of drug-likeness (QED) is 0.901. The largest absolute Gasteiger partial charge is 0.312 e. The van der Waals surface area contributed by atoms with Crippen LogP contribution in [0.3, 0.4) is 0 Å². The molecule has 1 amide bonds. The molecule has 1 aliphatic heterocycles. The number of anilines is 2. The molecule has 0 spiro atoms. The Morgan fingerprint density at radius 1 is 1.28 bits per heavy atom. The molecule has 0 unspecified atom stereocenters. The SMILES string of the molecule is CCS(=O)(=O)Nc1ccc(N2CCCC2=O)cc1. The maximum atomic E-state index is 11.5. The number of carbonyl (C=O) groups excluding carboxylic acids is 1. The summed E-state index contributed by atoms with van der Waals surface area (Å²) < 4.78 is 25.2. The van der Waals surface area contributed by atoms with Gasteiger partial charge in [0.1, 0.15) is 0 Å². The van der Waals surface area contributed by atoms with Crippen LogP contribution in [-0.2, 0) is 14.8 Å². The van der Waals surface area contributed by atoms with Crippen LogP contribution < -0.4 is 9.62 Å². The predicted molar refractivity (Wildman–Crippen MR) is 71.1 cm³/mol. The lowest BCUT2D eigenvalue weighted by atomic mass is 10.2. The van der Waals surface area contributed by atoms with E-state index in [2.05, 4.69) is 4.72 Å². The standard InChI is InChI=1S/C12H16N2O3S/c1-2-18(16,17)13-10-5-7-11(8-6-10)14-9-3-4-12(14)15/h5-8,13H,2-4,9H2,1H3. The van der Waals surface area contributed by atoms with Gasteiger partial charge in [-0.1, -0.05) is 0 Å². The Balaban J connectivity index is 2.13. The lowest BCUT2D eigenvalue weighted by molar-refractivity contribution is -0.117. The number of nitrogens with one attached hydrogen (secondary N) is 1. The molecule has 6 heteroatoms. The third-order valence-corrected chi connectivity index (χ3v) is 4.21. The number of amides is 1. The molecule has 1 aromatic rings. The zero-order valence-corrected chi connectivity index (χ0v) is 11.0. The second-order valence-corrected chi connectivity index (χ2v) is 6.21. The highest BCUT2D eigenvalue weighted by Gasteiger charge is 2.21. The molecule has 18 heavy (non-hydrogen) atoms. The van der Waals surface area contributed by atoms with Gasteiger partial charge >= 0.3 is 0 Å². The molecule has 98 valence electrons. The first kappa shape index (κ1) is 12.9. The molecule has 0 atom stereocenters. The highest BCUT2D eigenvalue weighted by Crippen LogP contribution is 2.23. The van der Waals surface area contributed by atoms with Crippen molar-refractivity contribution in [3.8, 4) is 0 Å². The molecule has 1 aliphatic rings. The summed E-state index contributed by atoms with van der Waals surface area (Å²) in [5.74, 6) is 0.163. The Labute approximate surface area is 107 Å². The summed E-state index contributed by atoms with van der Waals surface area (Å²) >= 11 is 0. The molecule has 1 saturated heterocycles. The summed E-state index contributed by atoms with van der Waals surface area (Å²) in [7, 11) is -3.25. The van der Waals surface area contributed by atoms with Crippen LogP contribution >= 0.6 is 0 Å². The Hall–Kier alpha value is -1.56. The number of benzene rings is 1. The Morgan fingerprint density at radius 3 is 2.44 bits per heavy atom. The average Bonchev–Trinajstić information content (AvgIpc) is 2.76. The van der Waals surface area contributed by atoms with Crippen LogP contribution in [0, 0.1) is 0 Å². The van der Waals surface area contributed by atoms with Crippen LogP contribution in [0.1, 0.15) is 19.8 Å². The lowest BCUT2D eigenvalue weighted by Crippen LogP contribution is -2.23. The van der Waals surface area contributed by atoms with E-state index < -0.39 is 10.0 Å². The predicted octanol–water partition coefficient (Wildman–Crippen LogP) is 1.57. The highest BCUT2D eigenvalue weighted by atomic mass is 32.2. The number of rotatable bonds is 4. The zero-order valence-electron chi connectivity index (χ0n) is 10.2. The van der Waals surface area contributed by atoms with Crippen molar-refractivity contribution < 1.29 is 13.2 Å². The zero-order chi connectivity index (χ0) is 13.2. The monoisotopic (exact) mass is 268 g/mol. The molecule has 5 nitrogen and oxygen atoms in total. The van der Waals surface area contributed by atoms with E-state index in [1.165, 1.54) is 0 Å². The van der Waals surface area contributed by atoms with Crippen molar-refractivity contribution in [2.45, 2.75) is 19.8 Å². The third kappa shape index (κ3) is 2.81. The lowest BCUT2D eigenvalue weighted by Gasteiger charge is -2.16. The molecule has 0 saturated carbocycles. The number of carbonyl (C=O) groups is 1. The minimum absolute atomic E-state index is 0.0410. The van der Waals surface area contributed by atoms with Gasteiger partial charge in [0.15, 0.2) is 0 Å². The van der Waals surface area contributed by atoms with Crippen molar-refractivity contribution in [1.82, 2.24) is 0 Å². The van der Waals surface area contributed by atoms with Gasteiger partial charge in [0.2, 0.25) is 15.9 Å². The normalized spacial score (nSPS) is 16.1. The average molecular weight is 268 g/mol. The van der Waals surface area contributed by atoms with E-state index in [-0.39, 0.29) is 11.7 Å². The van der Waals surface area contributed by atoms with Crippen LogP contribution in [0.15, 0.2) is 24.3 Å². The van der Waals surface area contributed by atoms with Crippen molar-refractivity contribution in [2.75, 3.05) is 21.9 Å². The van der Waals surface area contributed by atoms with Gasteiger partial charge in [-0.2, -0.15) is 0 Å². The van der Waals surface area contributed by atoms with E-state index in [1.54, 1.807) is 36.1 Å². The highest BCUT2D eigenvalue weighted by molar-refractivity contribution is 7.92. The first-order chi connectivity index (χ1) is 8.52. The van der Waals surface area contributed by atoms with Crippen LogP contribution in [0.25, 0.3) is 0 Å². The summed E-state index contributed by atoms with van der Waals surface area (Å²) in [5.41, 5.74) is 1.34. The smallest absolute Gasteiger partial charge is 0.232 e. The summed E-state index contributed by atoms with van der Waals surface area (Å²) in [6.07, 6.45) is 1.47. The molecule has 0 aromatic heterocycles. The summed E-state index contributed by atoms with van der Waals surface area (Å²) in [5, 5.41) is 0. The Bertz CT molecular complexity index is 537. The van der Waals surface area contributed by atoms with E-state index in [9.17, 15) is 13.2 Å². The van der Waals surface area contributed by atoms with E-state index in [0.29, 0.717) is 12.1 Å². The van der Waals surface area contributed by atoms with Gasteiger partial charge in [0.25, 0.3) is 0 Å². The van der Waals surface area contributed by atoms with Gasteiger partial charge in [-0.15, -0.1) is 0 Å². The van der Waals surface area contributed by atoms with E-state index in [4.69, 9.17) is 0 Å². The van der Waals surface area contributed by atoms with Crippen molar-refractivity contribution in [1.29, 1.82) is 0 Å². The van der Waals surface area contributed by atoms with Crippen molar-refractivity contribution >= 4 is 27.3 Å². The van der Waals surface area contributed by atoms with Gasteiger partial charge in [-0.3, -0.25) is 9.52 Å². The van der Waals surface area contributed by atoms with Gasteiger partial charge in [-0.25, -0.2) is 8.42 Å². The Morgan fingerprint density at radius 2 is 1.94 bits per heavy atom. The number of nitrogens with zero attached hydrogens (tertiary/aromatic N) is 1. The maximum Gasteiger partial charge on any atom is 0.232 e. The molecule has 1 fully saturated rings. The van der Waals surface area contributed by atoms with Crippen molar-refractivity contribution in [3.63, 3.8) is 0 Å². The van der Waals surface area contributed by atoms with Crippen molar-refractivity contribution in [3.05, 3.63) is 24.3 Å². The number of hydrogen-bond donors (Lipinski definition) is 1. The second kappa shape index (κ2) is 4.97. The molecule has 0 bridgehead atoms. The molecule has 0 aliphatic carbocycles. The summed E-state index contributed by atoms with van der Waals surface area (Å²) in [6, 6.07) is 6.87. The first-order valence-electron chi connectivity index (χ1n) is 5.93. The van der Waals surface area contributed by atoms with Crippen molar-refractivity contribution in [2.24, 2.45) is 0 Å². The molecule has 2 rings (SSSR count). The fourth-order valence-electron chi connectivity index (χ4n) is 1.88. The minimum atomic E-state index is -3.25. The van der Waals surface area contributed by atoms with E-state index >= 15 is 0 Å². The molecular formula is C12H16N2O3S. The Kier molecular flexibility index (Phi) is 3.56. The maximum absolute atomic E-state index is 11.5. The molecule has 1 aromatic carbocycles. The van der Waals surface area contributed by atoms with Crippen LogP contribution in [0.4, 0.5) is 11.4 Å². The molecular weight excluding hydrogens is 252 g/mol. The van der Waals surface area contributed by atoms with Crippen LogP contribution in [-0.4, -0.2) is 26.6 Å². The topological polar surface area (TPSA) is 66.5 Å². The summed E-state index contributed by atoms with van der Waals surface area (Å²) in [4.78, 5) is 13.3. The molecule has 1 N–H and O–H groups in total. The number of hydrogen-bond acceptors (Lipinski definition) is 3. The first-order valence-corrected chi connectivity index (χ1v) is 7.58. The molecule has 0 radical (unpaired) electrons. The van der Waals surface area contributed by atoms with Crippen LogP contribution in [0.2, 0.25) is 0 Å². The molecule has 1 heterocycles. The van der Waals surface area contributed by atoms with E-state index in [0.717, 1.165) is 18.7 Å². The fraction of sp³-hybridized carbons (Fsp3) is 0.417. The minimum Gasteiger partial charge on any atom is -0.312 e. The van der Waals surface area contributed by atoms with Crippen LogP contribution in [0.5, 0.6) is 0 Å². The number of sulfonamides is 1.